The zero-order valence-corrected chi connectivity index (χ0v) is 17.7. The molecule has 0 aliphatic heterocycles. The molecular formula is C30H20O2. The fourth-order valence-electron chi connectivity index (χ4n) is 4.83. The number of rotatable bonds is 2. The molecular weight excluding hydrogens is 392 g/mol. The number of ether oxygens (including phenoxy) is 1. The third-order valence-electron chi connectivity index (χ3n) is 6.24. The lowest BCUT2D eigenvalue weighted by atomic mass is 9.89. The van der Waals surface area contributed by atoms with E-state index >= 15 is 0 Å². The van der Waals surface area contributed by atoms with Crippen molar-refractivity contribution in [2.75, 3.05) is 0 Å². The van der Waals surface area contributed by atoms with Crippen LogP contribution in [-0.2, 0) is 4.79 Å². The van der Waals surface area contributed by atoms with Crippen molar-refractivity contribution in [1.29, 1.82) is 0 Å². The summed E-state index contributed by atoms with van der Waals surface area (Å²) < 4.78 is 5.77. The second kappa shape index (κ2) is 6.93. The molecule has 2 nitrogen and oxygen atoms in total. The highest BCUT2D eigenvalue weighted by Crippen LogP contribution is 2.43. The Balaban J connectivity index is 1.87. The molecule has 152 valence electrons. The maximum absolute atomic E-state index is 12.4. The molecule has 0 fully saturated rings. The second-order valence-corrected chi connectivity index (χ2v) is 8.27. The van der Waals surface area contributed by atoms with Crippen LogP contribution in [0.2, 0.25) is 0 Å². The van der Waals surface area contributed by atoms with E-state index in [2.05, 4.69) is 79.4 Å². The molecule has 0 saturated carbocycles. The SMILES string of the molecule is C=C(C)C(=O)Oc1cccc2c3ccc4ccc5ccccc5c4c3c3ccccc3c12. The first kappa shape index (κ1) is 18.6. The van der Waals surface area contributed by atoms with Gasteiger partial charge in [-0.25, -0.2) is 4.79 Å². The van der Waals surface area contributed by atoms with E-state index in [9.17, 15) is 4.79 Å². The number of carbonyl (C=O) groups is 1. The molecule has 6 rings (SSSR count). The predicted molar refractivity (Wildman–Crippen MR) is 134 cm³/mol. The van der Waals surface area contributed by atoms with E-state index in [0.717, 1.165) is 26.9 Å². The van der Waals surface area contributed by atoms with Gasteiger partial charge < -0.3 is 4.74 Å². The number of benzene rings is 6. The molecule has 0 bridgehead atoms. The van der Waals surface area contributed by atoms with E-state index in [1.807, 2.05) is 18.2 Å². The zero-order chi connectivity index (χ0) is 21.8. The van der Waals surface area contributed by atoms with Gasteiger partial charge in [0.05, 0.1) is 0 Å². The van der Waals surface area contributed by atoms with Crippen LogP contribution < -0.4 is 4.74 Å². The standard InChI is InChI=1S/C30H20O2/c1-18(2)30(31)32-26-13-7-12-23-25-17-16-20-15-14-19-8-3-4-9-21(19)27(20)29(25)24-11-6-5-10-22(24)28(23)26/h3-17H,1H2,2H3. The molecule has 0 amide bonds. The van der Waals surface area contributed by atoms with Crippen LogP contribution in [0.3, 0.4) is 0 Å². The third kappa shape index (κ3) is 2.63. The van der Waals surface area contributed by atoms with Crippen LogP contribution >= 0.6 is 0 Å². The minimum Gasteiger partial charge on any atom is -0.423 e. The first-order valence-corrected chi connectivity index (χ1v) is 10.7. The smallest absolute Gasteiger partial charge is 0.338 e. The average molecular weight is 412 g/mol. The summed E-state index contributed by atoms with van der Waals surface area (Å²) in [4.78, 5) is 12.4. The van der Waals surface area contributed by atoms with Crippen molar-refractivity contribution in [1.82, 2.24) is 0 Å². The molecule has 0 aliphatic carbocycles. The van der Waals surface area contributed by atoms with Crippen molar-refractivity contribution in [3.8, 4) is 5.75 Å². The zero-order valence-electron chi connectivity index (χ0n) is 17.7. The summed E-state index contributed by atoms with van der Waals surface area (Å²) in [7, 11) is 0. The van der Waals surface area contributed by atoms with E-state index in [1.54, 1.807) is 6.92 Å². The topological polar surface area (TPSA) is 26.3 Å². The van der Waals surface area contributed by atoms with E-state index in [0.29, 0.717) is 11.3 Å². The van der Waals surface area contributed by atoms with Crippen LogP contribution in [0, 0.1) is 0 Å². The first-order valence-electron chi connectivity index (χ1n) is 10.7. The number of carbonyl (C=O) groups excluding carboxylic acids is 1. The maximum Gasteiger partial charge on any atom is 0.338 e. The summed E-state index contributed by atoms with van der Waals surface area (Å²) in [6.07, 6.45) is 0. The van der Waals surface area contributed by atoms with Crippen LogP contribution in [0.15, 0.2) is 103 Å². The molecule has 0 aliphatic rings. The van der Waals surface area contributed by atoms with Gasteiger partial charge in [0.1, 0.15) is 5.75 Å². The summed E-state index contributed by atoms with van der Waals surface area (Å²) >= 11 is 0. The molecule has 32 heavy (non-hydrogen) atoms. The van der Waals surface area contributed by atoms with Gasteiger partial charge in [0.25, 0.3) is 0 Å². The van der Waals surface area contributed by atoms with Gasteiger partial charge in [0.2, 0.25) is 0 Å². The fourth-order valence-corrected chi connectivity index (χ4v) is 4.83. The largest absolute Gasteiger partial charge is 0.423 e. The van der Waals surface area contributed by atoms with Crippen molar-refractivity contribution >= 4 is 59.8 Å². The van der Waals surface area contributed by atoms with Crippen molar-refractivity contribution in [3.05, 3.63) is 103 Å². The highest BCUT2D eigenvalue weighted by molar-refractivity contribution is 6.35. The molecule has 0 spiro atoms. The summed E-state index contributed by atoms with van der Waals surface area (Å²) in [6.45, 7) is 5.40. The molecule has 0 atom stereocenters. The summed E-state index contributed by atoms with van der Waals surface area (Å²) in [5.41, 5.74) is 0.379. The van der Waals surface area contributed by atoms with Gasteiger partial charge in [-0.2, -0.15) is 0 Å². The van der Waals surface area contributed by atoms with Gasteiger partial charge in [-0.3, -0.25) is 0 Å². The molecule has 0 unspecified atom stereocenters. The summed E-state index contributed by atoms with van der Waals surface area (Å²) in [5.74, 6) is 0.151. The normalized spacial score (nSPS) is 11.5. The molecule has 0 heterocycles. The summed E-state index contributed by atoms with van der Waals surface area (Å²) in [5, 5.41) is 11.5. The Hall–Kier alpha value is -4.17. The Labute approximate surface area is 185 Å². The number of hydrogen-bond acceptors (Lipinski definition) is 2. The van der Waals surface area contributed by atoms with Crippen molar-refractivity contribution in [2.45, 2.75) is 6.92 Å². The molecule has 0 N–H and O–H groups in total. The van der Waals surface area contributed by atoms with Crippen molar-refractivity contribution in [2.24, 2.45) is 0 Å². The number of fused-ring (bicyclic) bond motifs is 10. The monoisotopic (exact) mass is 412 g/mol. The minimum absolute atomic E-state index is 0.379. The Morgan fingerprint density at radius 1 is 0.594 bits per heavy atom. The van der Waals surface area contributed by atoms with E-state index in [4.69, 9.17) is 4.74 Å². The Bertz CT molecular complexity index is 1710. The molecule has 0 aromatic heterocycles. The Morgan fingerprint density at radius 2 is 1.16 bits per heavy atom. The summed E-state index contributed by atoms with van der Waals surface area (Å²) in [6, 6.07) is 31.6. The van der Waals surface area contributed by atoms with Gasteiger partial charge in [0.15, 0.2) is 0 Å². The minimum atomic E-state index is -0.411. The molecule has 6 aromatic rings. The third-order valence-corrected chi connectivity index (χ3v) is 6.24. The van der Waals surface area contributed by atoms with Gasteiger partial charge in [-0.05, 0) is 61.5 Å². The highest BCUT2D eigenvalue weighted by Gasteiger charge is 2.17. The molecule has 0 saturated heterocycles. The highest BCUT2D eigenvalue weighted by atomic mass is 16.5. The van der Waals surface area contributed by atoms with Gasteiger partial charge in [0, 0.05) is 11.0 Å². The van der Waals surface area contributed by atoms with Gasteiger partial charge in [-0.15, -0.1) is 0 Å². The van der Waals surface area contributed by atoms with Gasteiger partial charge >= 0.3 is 5.97 Å². The lowest BCUT2D eigenvalue weighted by Gasteiger charge is -2.16. The van der Waals surface area contributed by atoms with Crippen molar-refractivity contribution < 1.29 is 9.53 Å². The number of esters is 1. The van der Waals surface area contributed by atoms with Crippen LogP contribution in [0.25, 0.3) is 53.9 Å². The fraction of sp³-hybridized carbons (Fsp3) is 0.0333. The lowest BCUT2D eigenvalue weighted by Crippen LogP contribution is -2.08. The van der Waals surface area contributed by atoms with E-state index < -0.39 is 5.97 Å². The predicted octanol–water partition coefficient (Wildman–Crippen LogP) is 7.93. The van der Waals surface area contributed by atoms with E-state index in [-0.39, 0.29) is 0 Å². The molecule has 0 radical (unpaired) electrons. The van der Waals surface area contributed by atoms with Gasteiger partial charge in [-0.1, -0.05) is 91.5 Å². The second-order valence-electron chi connectivity index (χ2n) is 8.27. The Morgan fingerprint density at radius 3 is 1.91 bits per heavy atom. The number of hydrogen-bond donors (Lipinski definition) is 0. The van der Waals surface area contributed by atoms with Crippen LogP contribution in [0.4, 0.5) is 0 Å². The molecule has 2 heteroatoms. The molecule has 6 aromatic carbocycles. The lowest BCUT2D eigenvalue weighted by molar-refractivity contribution is -0.129. The average Bonchev–Trinajstić information content (AvgIpc) is 2.83. The van der Waals surface area contributed by atoms with E-state index in [1.165, 1.54) is 26.9 Å². The maximum atomic E-state index is 12.4. The quantitative estimate of drug-likeness (QED) is 0.125. The van der Waals surface area contributed by atoms with Crippen LogP contribution in [0.1, 0.15) is 6.92 Å². The van der Waals surface area contributed by atoms with Crippen LogP contribution in [0.5, 0.6) is 5.75 Å². The first-order chi connectivity index (χ1) is 15.6. The Kier molecular flexibility index (Phi) is 4.02. The van der Waals surface area contributed by atoms with Crippen molar-refractivity contribution in [3.63, 3.8) is 0 Å². The van der Waals surface area contributed by atoms with Crippen LogP contribution in [-0.4, -0.2) is 5.97 Å².